The molecule has 2 aliphatic rings. The molecule has 0 saturated heterocycles. The van der Waals surface area contributed by atoms with E-state index in [0.29, 0.717) is 49.4 Å². The maximum Gasteiger partial charge on any atom is 0.325 e. The summed E-state index contributed by atoms with van der Waals surface area (Å²) in [5.74, 6) is 1.57. The van der Waals surface area contributed by atoms with Gasteiger partial charge in [0.2, 0.25) is 17.9 Å². The molecule has 0 radical (unpaired) electrons. The average molecular weight is 514 g/mol. The van der Waals surface area contributed by atoms with Gasteiger partial charge in [-0.25, -0.2) is 4.90 Å². The number of aromatic nitrogens is 3. The van der Waals surface area contributed by atoms with Crippen LogP contribution in [-0.2, 0) is 4.79 Å². The molecule has 162 valence electrons. The topological polar surface area (TPSA) is 88.4 Å². The van der Waals surface area contributed by atoms with E-state index in [2.05, 4.69) is 27.5 Å². The van der Waals surface area contributed by atoms with Crippen molar-refractivity contribution in [2.24, 2.45) is 0 Å². The van der Waals surface area contributed by atoms with Crippen molar-refractivity contribution in [3.05, 3.63) is 69.4 Å². The molecule has 2 aliphatic heterocycles. The van der Waals surface area contributed by atoms with Crippen LogP contribution in [0, 0.1) is 0 Å². The number of anilines is 1. The molecule has 10 heteroatoms. The third-order valence-electron chi connectivity index (χ3n) is 5.21. The first-order chi connectivity index (χ1) is 15.5. The van der Waals surface area contributed by atoms with Gasteiger partial charge < -0.3 is 9.47 Å². The highest BCUT2D eigenvalue weighted by molar-refractivity contribution is 9.10. The molecule has 8 nitrogen and oxygen atoms in total. The highest BCUT2D eigenvalue weighted by Gasteiger charge is 2.46. The Kier molecular flexibility index (Phi) is 5.26. The minimum absolute atomic E-state index is 0.124. The zero-order valence-corrected chi connectivity index (χ0v) is 19.4. The Labute approximate surface area is 196 Å². The van der Waals surface area contributed by atoms with E-state index in [-0.39, 0.29) is 18.3 Å². The van der Waals surface area contributed by atoms with Crippen molar-refractivity contribution in [1.29, 1.82) is 0 Å². The minimum Gasteiger partial charge on any atom is -0.454 e. The summed E-state index contributed by atoms with van der Waals surface area (Å²) in [5, 5.41) is 5.16. The van der Waals surface area contributed by atoms with Crippen molar-refractivity contribution in [1.82, 2.24) is 10.1 Å². The van der Waals surface area contributed by atoms with Crippen LogP contribution in [0.25, 0.3) is 11.3 Å². The van der Waals surface area contributed by atoms with E-state index >= 15 is 0 Å². The number of benzene rings is 2. The van der Waals surface area contributed by atoms with Gasteiger partial charge in [0, 0.05) is 22.2 Å². The zero-order valence-electron chi connectivity index (χ0n) is 17.0. The second-order valence-corrected chi connectivity index (χ2v) is 9.02. The molecule has 1 amide bonds. The lowest BCUT2D eigenvalue weighted by molar-refractivity contribution is -0.763. The van der Waals surface area contributed by atoms with Crippen LogP contribution in [-0.4, -0.2) is 28.5 Å². The first kappa shape index (κ1) is 20.8. The van der Waals surface area contributed by atoms with Crippen LogP contribution < -0.4 is 24.6 Å². The van der Waals surface area contributed by atoms with Crippen LogP contribution in [0.5, 0.6) is 11.5 Å². The summed E-state index contributed by atoms with van der Waals surface area (Å²) in [4.78, 5) is 30.7. The summed E-state index contributed by atoms with van der Waals surface area (Å²) in [6.45, 7) is 5.35. The number of amides is 1. The molecule has 5 rings (SSSR count). The number of halogens is 1. The number of hydrogen-bond acceptors (Lipinski definition) is 6. The molecular weight excluding hydrogens is 496 g/mol. The van der Waals surface area contributed by atoms with Crippen molar-refractivity contribution in [3.8, 4) is 22.8 Å². The fourth-order valence-corrected chi connectivity index (χ4v) is 5.04. The lowest BCUT2D eigenvalue weighted by Gasteiger charge is -2.31. The Morgan fingerprint density at radius 3 is 2.88 bits per heavy atom. The zero-order chi connectivity index (χ0) is 22.4. The van der Waals surface area contributed by atoms with Gasteiger partial charge in [0.1, 0.15) is 0 Å². The highest BCUT2D eigenvalue weighted by Crippen LogP contribution is 2.43. The number of H-pyrrole nitrogens is 1. The van der Waals surface area contributed by atoms with E-state index in [1.807, 2.05) is 30.3 Å². The summed E-state index contributed by atoms with van der Waals surface area (Å²) in [6.07, 6.45) is 1.02. The van der Waals surface area contributed by atoms with Crippen molar-refractivity contribution in [2.45, 2.75) is 18.2 Å². The predicted molar refractivity (Wildman–Crippen MR) is 123 cm³/mol. The van der Waals surface area contributed by atoms with Crippen LogP contribution in [0.1, 0.15) is 18.7 Å². The van der Waals surface area contributed by atoms with Gasteiger partial charge in [-0.05, 0) is 28.9 Å². The Morgan fingerprint density at radius 1 is 1.38 bits per heavy atom. The summed E-state index contributed by atoms with van der Waals surface area (Å²) in [7, 11) is 0. The Morgan fingerprint density at radius 2 is 2.12 bits per heavy atom. The van der Waals surface area contributed by atoms with Gasteiger partial charge in [-0.1, -0.05) is 45.9 Å². The van der Waals surface area contributed by atoms with Crippen LogP contribution in [0.3, 0.4) is 0 Å². The lowest BCUT2D eigenvalue weighted by Crippen LogP contribution is -2.60. The maximum absolute atomic E-state index is 13.2. The van der Waals surface area contributed by atoms with Crippen LogP contribution >= 0.6 is 27.7 Å². The number of ether oxygens (including phenoxy) is 2. The standard InChI is InChI=1S/C22H17BrN4O4S/c1-3-8-32-22-24-20(29)19-13-6-4-5-7-16(13)26(12(2)28)21(27(19)25-22)14-9-17-18(10-15(14)23)31-11-30-17/h3-7,9-10,21H,1,8,11H2,2H3/p+1/t21-/m1/s1. The van der Waals surface area contributed by atoms with E-state index in [4.69, 9.17) is 14.6 Å². The largest absolute Gasteiger partial charge is 0.454 e. The summed E-state index contributed by atoms with van der Waals surface area (Å²) < 4.78 is 13.4. The first-order valence-electron chi connectivity index (χ1n) is 9.77. The summed E-state index contributed by atoms with van der Waals surface area (Å²) in [5.41, 5.74) is 2.06. The predicted octanol–water partition coefficient (Wildman–Crippen LogP) is 3.41. The molecule has 1 atom stereocenters. The number of carbonyl (C=O) groups is 1. The molecule has 2 aromatic carbocycles. The second kappa shape index (κ2) is 8.10. The number of carbonyl (C=O) groups excluding carboxylic acids is 1. The molecule has 1 N–H and O–H groups in total. The average Bonchev–Trinajstić information content (AvgIpc) is 3.23. The summed E-state index contributed by atoms with van der Waals surface area (Å²) in [6, 6.07) is 10.9. The number of para-hydroxylation sites is 1. The number of nitrogens with zero attached hydrogens (tertiary/aromatic N) is 3. The first-order valence-corrected chi connectivity index (χ1v) is 11.6. The molecule has 0 aliphatic carbocycles. The summed E-state index contributed by atoms with van der Waals surface area (Å²) >= 11 is 4.97. The number of nitrogens with one attached hydrogen (secondary N) is 1. The number of hydrogen-bond donors (Lipinski definition) is 1. The number of aromatic amines is 1. The molecule has 0 fully saturated rings. The van der Waals surface area contributed by atoms with Gasteiger partial charge in [-0.15, -0.1) is 6.58 Å². The van der Waals surface area contributed by atoms with E-state index in [9.17, 15) is 9.59 Å². The van der Waals surface area contributed by atoms with Gasteiger partial charge in [-0.2, -0.15) is 0 Å². The molecular formula is C22H18BrN4O4S+. The van der Waals surface area contributed by atoms with Gasteiger partial charge in [0.25, 0.3) is 6.17 Å². The highest BCUT2D eigenvalue weighted by atomic mass is 79.9. The lowest BCUT2D eigenvalue weighted by atomic mass is 10.0. The van der Waals surface area contributed by atoms with Crippen LogP contribution in [0.4, 0.5) is 5.69 Å². The van der Waals surface area contributed by atoms with Gasteiger partial charge >= 0.3 is 11.3 Å². The van der Waals surface area contributed by atoms with Crippen molar-refractivity contribution in [3.63, 3.8) is 0 Å². The third-order valence-corrected chi connectivity index (χ3v) is 6.75. The maximum atomic E-state index is 13.2. The Balaban J connectivity index is 1.82. The van der Waals surface area contributed by atoms with Gasteiger partial charge in [0.05, 0.1) is 16.8 Å². The quantitative estimate of drug-likeness (QED) is 0.326. The van der Waals surface area contributed by atoms with E-state index in [1.165, 1.54) is 18.7 Å². The van der Waals surface area contributed by atoms with E-state index in [0.717, 1.165) is 0 Å². The third kappa shape index (κ3) is 3.30. The Bertz CT molecular complexity index is 1330. The van der Waals surface area contributed by atoms with Crippen molar-refractivity contribution < 1.29 is 19.0 Å². The fourth-order valence-electron chi connectivity index (χ4n) is 3.93. The minimum atomic E-state index is -0.716. The monoisotopic (exact) mass is 513 g/mol. The molecule has 3 aromatic rings. The Hall–Kier alpha value is -3.11. The molecule has 1 aromatic heterocycles. The molecule has 3 heterocycles. The molecule has 0 saturated carbocycles. The van der Waals surface area contributed by atoms with E-state index in [1.54, 1.807) is 21.7 Å². The molecule has 0 spiro atoms. The molecule has 0 bridgehead atoms. The van der Waals surface area contributed by atoms with Crippen molar-refractivity contribution >= 4 is 39.3 Å². The normalized spacial score (nSPS) is 15.8. The van der Waals surface area contributed by atoms with Crippen LogP contribution in [0.2, 0.25) is 0 Å². The van der Waals surface area contributed by atoms with Gasteiger partial charge in [0.15, 0.2) is 11.5 Å². The number of rotatable bonds is 4. The van der Waals surface area contributed by atoms with Crippen LogP contribution in [0.15, 0.2) is 63.5 Å². The van der Waals surface area contributed by atoms with E-state index < -0.39 is 6.17 Å². The molecule has 0 unspecified atom stereocenters. The molecule has 32 heavy (non-hydrogen) atoms. The SMILES string of the molecule is C=CCSc1n[n+]2c(c(=O)[nH]1)-c1ccccc1N(C(C)=O)[C@H]2c1cc2c(cc1Br)OCO2. The van der Waals surface area contributed by atoms with Crippen molar-refractivity contribution in [2.75, 3.05) is 17.4 Å². The van der Waals surface area contributed by atoms with Gasteiger partial charge in [-0.3, -0.25) is 14.6 Å². The second-order valence-electron chi connectivity index (χ2n) is 7.16. The fraction of sp³-hybridized carbons (Fsp3) is 0.182. The number of thioether (sulfide) groups is 1. The number of fused-ring (bicyclic) bond motifs is 4. The smallest absolute Gasteiger partial charge is 0.325 e.